The number of aromatic nitrogens is 1. The van der Waals surface area contributed by atoms with Gasteiger partial charge in [-0.25, -0.2) is 4.98 Å². The van der Waals surface area contributed by atoms with Gasteiger partial charge in [0.15, 0.2) is 0 Å². The highest BCUT2D eigenvalue weighted by Crippen LogP contribution is 2.26. The van der Waals surface area contributed by atoms with Gasteiger partial charge in [-0.2, -0.15) is 0 Å². The lowest BCUT2D eigenvalue weighted by Gasteiger charge is -2.23. The van der Waals surface area contributed by atoms with Gasteiger partial charge in [-0.15, -0.1) is 11.3 Å². The van der Waals surface area contributed by atoms with E-state index in [1.165, 1.54) is 21.1 Å². The highest BCUT2D eigenvalue weighted by molar-refractivity contribution is 7.11. The van der Waals surface area contributed by atoms with E-state index in [4.69, 9.17) is 10.7 Å². The number of nitrogen functional groups attached to an aromatic ring is 1. The van der Waals surface area contributed by atoms with Crippen LogP contribution >= 0.6 is 11.3 Å². The zero-order valence-corrected chi connectivity index (χ0v) is 12.0. The van der Waals surface area contributed by atoms with Crippen LogP contribution in [0.5, 0.6) is 0 Å². The molecule has 0 radical (unpaired) electrons. The molecule has 2 aromatic rings. The number of nitrogens with zero attached hydrogens (tertiary/aromatic N) is 2. The van der Waals surface area contributed by atoms with Crippen LogP contribution in [-0.2, 0) is 19.4 Å². The Kier molecular flexibility index (Phi) is 3.53. The van der Waals surface area contributed by atoms with Crippen molar-refractivity contribution in [2.45, 2.75) is 26.3 Å². The number of benzene rings is 1. The first-order valence-corrected chi connectivity index (χ1v) is 7.60. The molecule has 19 heavy (non-hydrogen) atoms. The monoisotopic (exact) mass is 273 g/mol. The van der Waals surface area contributed by atoms with Gasteiger partial charge in [0, 0.05) is 36.5 Å². The molecule has 0 bridgehead atoms. The summed E-state index contributed by atoms with van der Waals surface area (Å²) in [5.74, 6) is 0. The number of thiazole rings is 1. The summed E-state index contributed by atoms with van der Waals surface area (Å²) in [7, 11) is 0. The van der Waals surface area contributed by atoms with Crippen molar-refractivity contribution in [3.05, 3.63) is 45.4 Å². The third-order valence-corrected chi connectivity index (χ3v) is 4.72. The third kappa shape index (κ3) is 2.80. The Morgan fingerprint density at radius 2 is 2.11 bits per heavy atom. The minimum absolute atomic E-state index is 0.820. The van der Waals surface area contributed by atoms with E-state index in [1.54, 1.807) is 0 Å². The van der Waals surface area contributed by atoms with E-state index in [0.717, 1.165) is 38.2 Å². The Balaban J connectivity index is 1.76. The predicted octanol–water partition coefficient (Wildman–Crippen LogP) is 2.69. The second kappa shape index (κ2) is 5.31. The summed E-state index contributed by atoms with van der Waals surface area (Å²) in [5.41, 5.74) is 9.14. The van der Waals surface area contributed by atoms with Crippen LogP contribution in [0.3, 0.4) is 0 Å². The molecule has 0 saturated carbocycles. The summed E-state index contributed by atoms with van der Waals surface area (Å²) < 4.78 is 0. The largest absolute Gasteiger partial charge is 0.399 e. The minimum Gasteiger partial charge on any atom is -0.399 e. The summed E-state index contributed by atoms with van der Waals surface area (Å²) >= 11 is 1.87. The summed E-state index contributed by atoms with van der Waals surface area (Å²) in [6.45, 7) is 5.58. The number of hydrogen-bond donors (Lipinski definition) is 1. The average molecular weight is 273 g/mol. The van der Waals surface area contributed by atoms with Crippen LogP contribution in [0.1, 0.15) is 28.1 Å². The van der Waals surface area contributed by atoms with E-state index in [9.17, 15) is 0 Å². The second-order valence-electron chi connectivity index (χ2n) is 5.01. The lowest BCUT2D eigenvalue weighted by Crippen LogP contribution is -2.29. The fourth-order valence-corrected chi connectivity index (χ4v) is 3.65. The van der Waals surface area contributed by atoms with Crippen LogP contribution in [0.4, 0.5) is 5.69 Å². The van der Waals surface area contributed by atoms with Crippen molar-refractivity contribution in [1.82, 2.24) is 9.88 Å². The van der Waals surface area contributed by atoms with Crippen molar-refractivity contribution < 1.29 is 0 Å². The Bertz CT molecular complexity index is 559. The summed E-state index contributed by atoms with van der Waals surface area (Å²) in [6.07, 6.45) is 2.02. The van der Waals surface area contributed by atoms with Gasteiger partial charge in [0.25, 0.3) is 0 Å². The van der Waals surface area contributed by atoms with Gasteiger partial charge in [-0.1, -0.05) is 19.1 Å². The SMILES string of the molecule is CCN1CCc2nc(Cc3ccc(N)cc3)sc2C1. The Morgan fingerprint density at radius 3 is 2.84 bits per heavy atom. The maximum absolute atomic E-state index is 5.71. The van der Waals surface area contributed by atoms with E-state index >= 15 is 0 Å². The first-order valence-electron chi connectivity index (χ1n) is 6.79. The molecule has 4 heteroatoms. The van der Waals surface area contributed by atoms with Crippen molar-refractivity contribution in [2.75, 3.05) is 18.8 Å². The fraction of sp³-hybridized carbons (Fsp3) is 0.400. The maximum atomic E-state index is 5.71. The second-order valence-corrected chi connectivity index (χ2v) is 6.18. The highest BCUT2D eigenvalue weighted by Gasteiger charge is 2.19. The van der Waals surface area contributed by atoms with Crippen LogP contribution in [0, 0.1) is 0 Å². The van der Waals surface area contributed by atoms with Gasteiger partial charge in [0.05, 0.1) is 10.7 Å². The van der Waals surface area contributed by atoms with Crippen LogP contribution in [0.25, 0.3) is 0 Å². The number of anilines is 1. The summed E-state index contributed by atoms with van der Waals surface area (Å²) in [4.78, 5) is 8.73. The molecule has 3 rings (SSSR count). The molecule has 1 aromatic heterocycles. The third-order valence-electron chi connectivity index (χ3n) is 3.64. The number of nitrogens with two attached hydrogens (primary N) is 1. The molecule has 2 heterocycles. The predicted molar refractivity (Wildman–Crippen MR) is 80.4 cm³/mol. The smallest absolute Gasteiger partial charge is 0.0975 e. The van der Waals surface area contributed by atoms with E-state index in [-0.39, 0.29) is 0 Å². The van der Waals surface area contributed by atoms with Crippen LogP contribution < -0.4 is 5.73 Å². The van der Waals surface area contributed by atoms with E-state index < -0.39 is 0 Å². The molecule has 0 saturated heterocycles. The lowest BCUT2D eigenvalue weighted by molar-refractivity contribution is 0.269. The zero-order valence-electron chi connectivity index (χ0n) is 11.2. The molecule has 1 aliphatic heterocycles. The average Bonchev–Trinajstić information content (AvgIpc) is 2.82. The Morgan fingerprint density at radius 1 is 1.32 bits per heavy atom. The maximum Gasteiger partial charge on any atom is 0.0975 e. The molecule has 2 N–H and O–H groups in total. The molecule has 0 unspecified atom stereocenters. The lowest BCUT2D eigenvalue weighted by atomic mass is 10.1. The molecule has 1 aromatic carbocycles. The standard InChI is InChI=1S/C15H19N3S/c1-2-18-8-7-13-14(10-18)19-15(17-13)9-11-3-5-12(16)6-4-11/h3-6H,2,7-10,16H2,1H3. The normalized spacial score (nSPS) is 15.4. The molecule has 0 fully saturated rings. The van der Waals surface area contributed by atoms with Crippen molar-refractivity contribution >= 4 is 17.0 Å². The van der Waals surface area contributed by atoms with E-state index in [0.29, 0.717) is 0 Å². The summed E-state index contributed by atoms with van der Waals surface area (Å²) in [6, 6.07) is 8.10. The minimum atomic E-state index is 0.820. The quantitative estimate of drug-likeness (QED) is 0.874. The first-order chi connectivity index (χ1) is 9.24. The van der Waals surface area contributed by atoms with Crippen molar-refractivity contribution in [3.8, 4) is 0 Å². The van der Waals surface area contributed by atoms with E-state index in [2.05, 4.69) is 24.0 Å². The first kappa shape index (κ1) is 12.6. The summed E-state index contributed by atoms with van der Waals surface area (Å²) in [5, 5.41) is 1.23. The van der Waals surface area contributed by atoms with Gasteiger partial charge in [-0.3, -0.25) is 4.90 Å². The topological polar surface area (TPSA) is 42.2 Å². The van der Waals surface area contributed by atoms with Crippen LogP contribution in [-0.4, -0.2) is 23.0 Å². The Labute approximate surface area is 118 Å². The van der Waals surface area contributed by atoms with Crippen LogP contribution in [0.15, 0.2) is 24.3 Å². The van der Waals surface area contributed by atoms with Gasteiger partial charge in [0.2, 0.25) is 0 Å². The molecule has 3 nitrogen and oxygen atoms in total. The van der Waals surface area contributed by atoms with Gasteiger partial charge < -0.3 is 5.73 Å². The van der Waals surface area contributed by atoms with Crippen molar-refractivity contribution in [2.24, 2.45) is 0 Å². The van der Waals surface area contributed by atoms with Gasteiger partial charge >= 0.3 is 0 Å². The van der Waals surface area contributed by atoms with Crippen LogP contribution in [0.2, 0.25) is 0 Å². The number of hydrogen-bond acceptors (Lipinski definition) is 4. The van der Waals surface area contributed by atoms with E-state index in [1.807, 2.05) is 23.5 Å². The van der Waals surface area contributed by atoms with Gasteiger partial charge in [0.1, 0.15) is 0 Å². The highest BCUT2D eigenvalue weighted by atomic mass is 32.1. The molecule has 0 spiro atoms. The van der Waals surface area contributed by atoms with Gasteiger partial charge in [-0.05, 0) is 24.2 Å². The number of rotatable bonds is 3. The number of likely N-dealkylation sites (N-methyl/N-ethyl adjacent to an activating group) is 1. The molecular weight excluding hydrogens is 254 g/mol. The molecule has 0 amide bonds. The molecule has 1 aliphatic rings. The molecule has 0 aliphatic carbocycles. The molecule has 0 atom stereocenters. The van der Waals surface area contributed by atoms with Crippen molar-refractivity contribution in [1.29, 1.82) is 0 Å². The van der Waals surface area contributed by atoms with Crippen molar-refractivity contribution in [3.63, 3.8) is 0 Å². The molecule has 100 valence electrons. The fourth-order valence-electron chi connectivity index (χ4n) is 2.46. The molecular formula is C15H19N3S. The zero-order chi connectivity index (χ0) is 13.2. The number of fused-ring (bicyclic) bond motifs is 1. The Hall–Kier alpha value is -1.39.